The minimum absolute atomic E-state index is 0.227. The lowest BCUT2D eigenvalue weighted by atomic mass is 10.0. The van der Waals surface area contributed by atoms with E-state index in [9.17, 15) is 20.0 Å². The highest BCUT2D eigenvalue weighted by Crippen LogP contribution is 2.23. The van der Waals surface area contributed by atoms with E-state index in [0.29, 0.717) is 18.5 Å². The van der Waals surface area contributed by atoms with Gasteiger partial charge in [0.05, 0.1) is 11.0 Å². The first-order valence-electron chi connectivity index (χ1n) is 8.19. The monoisotopic (exact) mass is 346 g/mol. The Morgan fingerprint density at radius 3 is 2.68 bits per heavy atom. The minimum Gasteiger partial charge on any atom is -0.388 e. The highest BCUT2D eigenvalue weighted by atomic mass is 16.6. The number of aromatic nitrogens is 2. The van der Waals surface area contributed by atoms with Gasteiger partial charge >= 0.3 is 5.69 Å². The van der Waals surface area contributed by atoms with Gasteiger partial charge in [-0.25, -0.2) is 0 Å². The summed E-state index contributed by atoms with van der Waals surface area (Å²) in [5, 5.41) is 30.5. The van der Waals surface area contributed by atoms with Crippen LogP contribution in [0.25, 0.3) is 0 Å². The van der Waals surface area contributed by atoms with Crippen LogP contribution in [-0.2, 0) is 6.42 Å². The van der Waals surface area contributed by atoms with Crippen LogP contribution >= 0.6 is 0 Å². The van der Waals surface area contributed by atoms with Crippen molar-refractivity contribution in [2.75, 3.05) is 0 Å². The predicted octanol–water partition coefficient (Wildman–Crippen LogP) is 2.51. The Morgan fingerprint density at radius 2 is 2.08 bits per heavy atom. The molecule has 0 fully saturated rings. The van der Waals surface area contributed by atoms with E-state index in [-0.39, 0.29) is 23.8 Å². The molecule has 0 radical (unpaired) electrons. The molecule has 0 aliphatic carbocycles. The lowest BCUT2D eigenvalue weighted by molar-refractivity contribution is -0.385. The van der Waals surface area contributed by atoms with Crippen molar-refractivity contribution in [1.82, 2.24) is 15.5 Å². The maximum atomic E-state index is 12.3. The van der Waals surface area contributed by atoms with Crippen LogP contribution in [0.5, 0.6) is 0 Å². The molecule has 0 aliphatic rings. The number of aromatic amines is 1. The quantitative estimate of drug-likeness (QED) is 0.501. The Balaban J connectivity index is 2.05. The van der Waals surface area contributed by atoms with Gasteiger partial charge in [-0.05, 0) is 25.3 Å². The van der Waals surface area contributed by atoms with Crippen molar-refractivity contribution < 1.29 is 14.8 Å². The van der Waals surface area contributed by atoms with Crippen LogP contribution in [0.2, 0.25) is 0 Å². The Hall–Kier alpha value is -2.74. The molecule has 0 saturated heterocycles. The molecule has 8 nitrogen and oxygen atoms in total. The largest absolute Gasteiger partial charge is 0.388 e. The van der Waals surface area contributed by atoms with E-state index < -0.39 is 16.9 Å². The third-order valence-electron chi connectivity index (χ3n) is 3.85. The number of nitrogens with one attached hydrogen (secondary N) is 2. The minimum atomic E-state index is -0.735. The van der Waals surface area contributed by atoms with Gasteiger partial charge in [-0.2, -0.15) is 5.10 Å². The summed E-state index contributed by atoms with van der Waals surface area (Å²) in [6.45, 7) is 3.62. The number of hydrogen-bond acceptors (Lipinski definition) is 5. The highest BCUT2D eigenvalue weighted by molar-refractivity contribution is 5.96. The number of benzene rings is 1. The van der Waals surface area contributed by atoms with E-state index in [1.54, 1.807) is 19.1 Å². The van der Waals surface area contributed by atoms with Crippen molar-refractivity contribution in [3.05, 3.63) is 57.4 Å². The summed E-state index contributed by atoms with van der Waals surface area (Å²) in [6.07, 6.45) is 0.694. The topological polar surface area (TPSA) is 121 Å². The molecule has 1 aromatic heterocycles. The number of carbonyl (C=O) groups excluding carboxylic acids is 1. The Morgan fingerprint density at radius 1 is 1.40 bits per heavy atom. The molecular formula is C17H22N4O4. The molecule has 134 valence electrons. The number of amides is 1. The molecule has 0 spiro atoms. The molecule has 1 heterocycles. The molecular weight excluding hydrogens is 324 g/mol. The number of aliphatic hydroxyl groups excluding tert-OH is 1. The summed E-state index contributed by atoms with van der Waals surface area (Å²) in [7, 11) is 0. The summed E-state index contributed by atoms with van der Waals surface area (Å²) in [5.41, 5.74) is 0.582. The fourth-order valence-electron chi connectivity index (χ4n) is 2.65. The maximum Gasteiger partial charge on any atom is 0.322 e. The maximum absolute atomic E-state index is 12.3. The van der Waals surface area contributed by atoms with Gasteiger partial charge in [-0.3, -0.25) is 20.0 Å². The van der Waals surface area contributed by atoms with E-state index in [4.69, 9.17) is 0 Å². The highest BCUT2D eigenvalue weighted by Gasteiger charge is 2.29. The number of aliphatic hydroxyl groups is 1. The average molecular weight is 346 g/mol. The molecule has 2 aromatic rings. The second kappa shape index (κ2) is 8.39. The first-order valence-corrected chi connectivity index (χ1v) is 8.19. The van der Waals surface area contributed by atoms with Crippen LogP contribution < -0.4 is 5.32 Å². The van der Waals surface area contributed by atoms with E-state index in [1.165, 1.54) is 0 Å². The van der Waals surface area contributed by atoms with E-state index in [2.05, 4.69) is 15.5 Å². The van der Waals surface area contributed by atoms with Crippen molar-refractivity contribution in [1.29, 1.82) is 0 Å². The third-order valence-corrected chi connectivity index (χ3v) is 3.85. The fourth-order valence-corrected chi connectivity index (χ4v) is 2.65. The molecule has 3 N–H and O–H groups in total. The summed E-state index contributed by atoms with van der Waals surface area (Å²) in [6, 6.07) is 8.72. The van der Waals surface area contributed by atoms with Crippen LogP contribution in [0.4, 0.5) is 5.69 Å². The van der Waals surface area contributed by atoms with Crippen LogP contribution in [-0.4, -0.2) is 32.2 Å². The first-order chi connectivity index (χ1) is 11.9. The zero-order valence-corrected chi connectivity index (χ0v) is 14.2. The van der Waals surface area contributed by atoms with Gasteiger partial charge in [0.2, 0.25) is 5.69 Å². The molecule has 2 atom stereocenters. The van der Waals surface area contributed by atoms with Gasteiger partial charge in [0.25, 0.3) is 5.91 Å². The van der Waals surface area contributed by atoms with Gasteiger partial charge in [-0.15, -0.1) is 0 Å². The summed E-state index contributed by atoms with van der Waals surface area (Å²) >= 11 is 0. The standard InChI is InChI=1S/C17H22N4O4/c1-3-7-13-16(21(24)25)15(20-19-13)17(23)18-11(2)10-14(22)12-8-5-4-6-9-12/h4-6,8-9,11,14,22H,3,7,10H2,1-2H3,(H,18,23)(H,19,20). The summed E-state index contributed by atoms with van der Waals surface area (Å²) in [5.74, 6) is -0.627. The van der Waals surface area contributed by atoms with Crippen LogP contribution in [0.15, 0.2) is 30.3 Å². The Labute approximate surface area is 145 Å². The zero-order chi connectivity index (χ0) is 18.4. The van der Waals surface area contributed by atoms with Crippen molar-refractivity contribution in [3.8, 4) is 0 Å². The predicted molar refractivity (Wildman–Crippen MR) is 92.2 cm³/mol. The number of nitro groups is 1. The Bertz CT molecular complexity index is 730. The van der Waals surface area contributed by atoms with Crippen LogP contribution in [0.1, 0.15) is 54.5 Å². The van der Waals surface area contributed by atoms with Crippen molar-refractivity contribution in [2.24, 2.45) is 0 Å². The second-order valence-electron chi connectivity index (χ2n) is 5.94. The van der Waals surface area contributed by atoms with E-state index in [1.807, 2.05) is 25.1 Å². The van der Waals surface area contributed by atoms with E-state index >= 15 is 0 Å². The molecule has 2 rings (SSSR count). The molecule has 8 heteroatoms. The van der Waals surface area contributed by atoms with Crippen LogP contribution in [0.3, 0.4) is 0 Å². The number of hydrogen-bond donors (Lipinski definition) is 3. The number of aryl methyl sites for hydroxylation is 1. The summed E-state index contributed by atoms with van der Waals surface area (Å²) in [4.78, 5) is 23.0. The lowest BCUT2D eigenvalue weighted by Crippen LogP contribution is -2.34. The number of rotatable bonds is 8. The van der Waals surface area contributed by atoms with Gasteiger partial charge < -0.3 is 10.4 Å². The van der Waals surface area contributed by atoms with Gasteiger partial charge in [0, 0.05) is 6.04 Å². The molecule has 25 heavy (non-hydrogen) atoms. The van der Waals surface area contributed by atoms with Crippen molar-refractivity contribution in [3.63, 3.8) is 0 Å². The third kappa shape index (κ3) is 4.63. The second-order valence-corrected chi connectivity index (χ2v) is 5.94. The molecule has 1 aromatic carbocycles. The molecule has 0 bridgehead atoms. The number of carbonyl (C=O) groups is 1. The molecule has 1 amide bonds. The Kier molecular flexibility index (Phi) is 6.24. The van der Waals surface area contributed by atoms with Gasteiger partial charge in [0.15, 0.2) is 0 Å². The van der Waals surface area contributed by atoms with Crippen molar-refractivity contribution >= 4 is 11.6 Å². The fraction of sp³-hybridized carbons (Fsp3) is 0.412. The summed E-state index contributed by atoms with van der Waals surface area (Å²) < 4.78 is 0. The normalized spacial score (nSPS) is 13.2. The zero-order valence-electron chi connectivity index (χ0n) is 14.2. The van der Waals surface area contributed by atoms with Crippen molar-refractivity contribution in [2.45, 2.75) is 45.3 Å². The average Bonchev–Trinajstić information content (AvgIpc) is 3.00. The van der Waals surface area contributed by atoms with Crippen LogP contribution in [0, 0.1) is 10.1 Å². The SMILES string of the molecule is CCCc1[nH]nc(C(=O)NC(C)CC(O)c2ccccc2)c1[N+](=O)[O-]. The molecule has 0 aliphatic heterocycles. The number of H-pyrrole nitrogens is 1. The van der Waals surface area contributed by atoms with Gasteiger partial charge in [-0.1, -0.05) is 43.7 Å². The van der Waals surface area contributed by atoms with E-state index in [0.717, 1.165) is 5.56 Å². The lowest BCUT2D eigenvalue weighted by Gasteiger charge is -2.17. The molecule has 0 saturated carbocycles. The molecule has 2 unspecified atom stereocenters. The smallest absolute Gasteiger partial charge is 0.322 e. The van der Waals surface area contributed by atoms with Gasteiger partial charge in [0.1, 0.15) is 5.69 Å². The first kappa shape index (κ1) is 18.6. The number of nitrogens with zero attached hydrogens (tertiary/aromatic N) is 2.